The molecule has 7 nitrogen and oxygen atoms in total. The zero-order valence-corrected chi connectivity index (χ0v) is 16.3. The minimum absolute atomic E-state index is 0.0321. The first kappa shape index (κ1) is 20.4. The predicted octanol–water partition coefficient (Wildman–Crippen LogP) is 2.61. The lowest BCUT2D eigenvalue weighted by molar-refractivity contribution is -0.132. The van der Waals surface area contributed by atoms with Gasteiger partial charge in [0, 0.05) is 17.5 Å². The largest absolute Gasteiger partial charge is 0.465 e. The van der Waals surface area contributed by atoms with Gasteiger partial charge >= 0.3 is 5.97 Å². The second-order valence-corrected chi connectivity index (χ2v) is 6.68. The first-order valence-corrected chi connectivity index (χ1v) is 9.27. The van der Waals surface area contributed by atoms with E-state index in [-0.39, 0.29) is 18.4 Å². The molecule has 1 N–H and O–H groups in total. The Morgan fingerprint density at radius 1 is 1.37 bits per heavy atom. The number of nitrogens with zero attached hydrogens (tertiary/aromatic N) is 1. The second-order valence-electron chi connectivity index (χ2n) is 5.65. The molecule has 0 spiro atoms. The molecule has 144 valence electrons. The summed E-state index contributed by atoms with van der Waals surface area (Å²) >= 11 is 1.56. The van der Waals surface area contributed by atoms with Gasteiger partial charge in [-0.15, -0.1) is 11.3 Å². The van der Waals surface area contributed by atoms with Gasteiger partial charge < -0.3 is 19.4 Å². The molecule has 2 amide bonds. The van der Waals surface area contributed by atoms with Gasteiger partial charge in [-0.25, -0.2) is 4.79 Å². The summed E-state index contributed by atoms with van der Waals surface area (Å²) in [6.07, 6.45) is 2.78. The highest BCUT2D eigenvalue weighted by Crippen LogP contribution is 2.17. The van der Waals surface area contributed by atoms with Crippen LogP contribution in [0.5, 0.6) is 0 Å². The summed E-state index contributed by atoms with van der Waals surface area (Å²) in [6.45, 7) is 4.24. The number of ether oxygens (including phenoxy) is 1. The highest BCUT2D eigenvalue weighted by Gasteiger charge is 2.16. The standard InChI is InChI=1S/C19H22N2O5S/c1-4-21(12-17(22)20-11-15-6-5-9-27-15)18(23)8-7-14-10-16(13(2)26-14)19(24)25-3/h5-10H,4,11-12H2,1-3H3,(H,20,22). The third-order valence-corrected chi connectivity index (χ3v) is 4.68. The maximum absolute atomic E-state index is 12.3. The van der Waals surface area contributed by atoms with Gasteiger partial charge in [-0.05, 0) is 37.4 Å². The summed E-state index contributed by atoms with van der Waals surface area (Å²) in [4.78, 5) is 38.4. The van der Waals surface area contributed by atoms with Crippen LogP contribution in [0.25, 0.3) is 6.08 Å². The molecule has 0 bridgehead atoms. The van der Waals surface area contributed by atoms with E-state index in [1.165, 1.54) is 30.2 Å². The third kappa shape index (κ3) is 5.82. The molecule has 0 saturated heterocycles. The average Bonchev–Trinajstić information content (AvgIpc) is 3.31. The topological polar surface area (TPSA) is 88.9 Å². The van der Waals surface area contributed by atoms with Gasteiger partial charge in [0.15, 0.2) is 0 Å². The Bertz CT molecular complexity index is 823. The minimum Gasteiger partial charge on any atom is -0.465 e. The molecule has 0 aliphatic heterocycles. The number of furan rings is 1. The average molecular weight is 390 g/mol. The number of aryl methyl sites for hydroxylation is 1. The van der Waals surface area contributed by atoms with Crippen molar-refractivity contribution >= 4 is 35.2 Å². The van der Waals surface area contributed by atoms with Crippen LogP contribution in [-0.4, -0.2) is 42.9 Å². The molecule has 2 aromatic rings. The maximum atomic E-state index is 12.3. The number of hydrogen-bond acceptors (Lipinski definition) is 6. The van der Waals surface area contributed by atoms with E-state index in [1.807, 2.05) is 17.5 Å². The summed E-state index contributed by atoms with van der Waals surface area (Å²) in [5.74, 6) is -0.278. The zero-order chi connectivity index (χ0) is 19.8. The minimum atomic E-state index is -0.500. The van der Waals surface area contributed by atoms with Gasteiger partial charge in [-0.1, -0.05) is 6.07 Å². The lowest BCUT2D eigenvalue weighted by Crippen LogP contribution is -2.39. The Morgan fingerprint density at radius 2 is 2.15 bits per heavy atom. The van der Waals surface area contributed by atoms with E-state index in [4.69, 9.17) is 4.42 Å². The number of rotatable bonds is 8. The Kier molecular flexibility index (Phi) is 7.36. The fraction of sp³-hybridized carbons (Fsp3) is 0.316. The van der Waals surface area contributed by atoms with Crippen molar-refractivity contribution < 1.29 is 23.5 Å². The van der Waals surface area contributed by atoms with Crippen molar-refractivity contribution in [1.29, 1.82) is 0 Å². The van der Waals surface area contributed by atoms with Gasteiger partial charge in [0.2, 0.25) is 11.8 Å². The smallest absolute Gasteiger partial charge is 0.341 e. The number of likely N-dealkylation sites (N-methyl/N-ethyl adjacent to an activating group) is 1. The molecule has 2 heterocycles. The number of nitrogens with one attached hydrogen (secondary N) is 1. The molecule has 0 fully saturated rings. The number of amides is 2. The fourth-order valence-corrected chi connectivity index (χ4v) is 2.98. The van der Waals surface area contributed by atoms with Crippen LogP contribution in [-0.2, 0) is 20.9 Å². The normalized spacial score (nSPS) is 10.8. The Balaban J connectivity index is 1.92. The first-order valence-electron chi connectivity index (χ1n) is 8.39. The number of methoxy groups -OCH3 is 1. The molecule has 0 radical (unpaired) electrons. The van der Waals surface area contributed by atoms with Crippen molar-refractivity contribution in [3.8, 4) is 0 Å². The van der Waals surface area contributed by atoms with Gasteiger partial charge in [-0.2, -0.15) is 0 Å². The van der Waals surface area contributed by atoms with Gasteiger partial charge in [0.05, 0.1) is 20.2 Å². The van der Waals surface area contributed by atoms with Crippen molar-refractivity contribution in [3.05, 3.63) is 51.6 Å². The molecule has 0 aliphatic carbocycles. The van der Waals surface area contributed by atoms with Crippen LogP contribution >= 0.6 is 11.3 Å². The van der Waals surface area contributed by atoms with Crippen LogP contribution in [0, 0.1) is 6.92 Å². The van der Waals surface area contributed by atoms with Crippen molar-refractivity contribution in [2.45, 2.75) is 20.4 Å². The molecule has 8 heteroatoms. The van der Waals surface area contributed by atoms with Crippen molar-refractivity contribution in [3.63, 3.8) is 0 Å². The van der Waals surface area contributed by atoms with E-state index in [0.717, 1.165) is 4.88 Å². The molecule has 27 heavy (non-hydrogen) atoms. The molecular formula is C19H22N2O5S. The number of hydrogen-bond donors (Lipinski definition) is 1. The quantitative estimate of drug-likeness (QED) is 0.553. The second kappa shape index (κ2) is 9.72. The Morgan fingerprint density at radius 3 is 2.78 bits per heavy atom. The van der Waals surface area contributed by atoms with E-state index < -0.39 is 5.97 Å². The van der Waals surface area contributed by atoms with Gasteiger partial charge in [0.1, 0.15) is 17.1 Å². The molecule has 2 aromatic heterocycles. The van der Waals surface area contributed by atoms with E-state index in [9.17, 15) is 14.4 Å². The Hall–Kier alpha value is -2.87. The van der Waals surface area contributed by atoms with Crippen molar-refractivity contribution in [2.24, 2.45) is 0 Å². The fourth-order valence-electron chi connectivity index (χ4n) is 2.33. The molecular weight excluding hydrogens is 368 g/mol. The number of thiophene rings is 1. The van der Waals surface area contributed by atoms with Crippen LogP contribution in [0.4, 0.5) is 0 Å². The van der Waals surface area contributed by atoms with E-state index in [2.05, 4.69) is 10.1 Å². The summed E-state index contributed by atoms with van der Waals surface area (Å²) in [5.41, 5.74) is 0.310. The molecule has 0 aliphatic rings. The number of esters is 1. The predicted molar refractivity (Wildman–Crippen MR) is 102 cm³/mol. The maximum Gasteiger partial charge on any atom is 0.341 e. The van der Waals surface area contributed by atoms with Gasteiger partial charge in [0.25, 0.3) is 0 Å². The summed E-state index contributed by atoms with van der Waals surface area (Å²) in [6, 6.07) is 5.36. The van der Waals surface area contributed by atoms with E-state index in [0.29, 0.717) is 30.2 Å². The lowest BCUT2D eigenvalue weighted by atomic mass is 10.2. The monoisotopic (exact) mass is 390 g/mol. The third-order valence-electron chi connectivity index (χ3n) is 3.80. The first-order chi connectivity index (χ1) is 12.9. The highest BCUT2D eigenvalue weighted by atomic mass is 32.1. The van der Waals surface area contributed by atoms with Gasteiger partial charge in [-0.3, -0.25) is 9.59 Å². The summed E-state index contributed by atoms with van der Waals surface area (Å²) < 4.78 is 10.1. The molecule has 2 rings (SSSR count). The van der Waals surface area contributed by atoms with Crippen LogP contribution in [0.2, 0.25) is 0 Å². The van der Waals surface area contributed by atoms with Crippen molar-refractivity contribution in [1.82, 2.24) is 10.2 Å². The van der Waals surface area contributed by atoms with E-state index >= 15 is 0 Å². The van der Waals surface area contributed by atoms with Crippen molar-refractivity contribution in [2.75, 3.05) is 20.2 Å². The lowest BCUT2D eigenvalue weighted by Gasteiger charge is -2.18. The van der Waals surface area contributed by atoms with Crippen LogP contribution in [0.3, 0.4) is 0 Å². The number of carbonyl (C=O) groups is 3. The Labute approximate surface area is 161 Å². The summed E-state index contributed by atoms with van der Waals surface area (Å²) in [5, 5.41) is 4.73. The molecule has 0 aromatic carbocycles. The molecule has 0 atom stereocenters. The van der Waals surface area contributed by atoms with Crippen LogP contribution in [0.15, 0.2) is 34.1 Å². The number of carbonyl (C=O) groups excluding carboxylic acids is 3. The van der Waals surface area contributed by atoms with Crippen LogP contribution < -0.4 is 5.32 Å². The SMILES string of the molecule is CCN(CC(=O)NCc1cccs1)C(=O)C=Cc1cc(C(=O)OC)c(C)o1. The zero-order valence-electron chi connectivity index (χ0n) is 15.5. The van der Waals surface area contributed by atoms with Crippen LogP contribution in [0.1, 0.15) is 33.7 Å². The summed E-state index contributed by atoms with van der Waals surface area (Å²) in [7, 11) is 1.29. The molecule has 0 unspecified atom stereocenters. The van der Waals surface area contributed by atoms with E-state index in [1.54, 1.807) is 25.2 Å². The highest BCUT2D eigenvalue weighted by molar-refractivity contribution is 7.09. The molecule has 0 saturated carbocycles.